The minimum Gasteiger partial charge on any atom is -0.343 e. The van der Waals surface area contributed by atoms with Crippen molar-refractivity contribution in [1.29, 1.82) is 0 Å². The van der Waals surface area contributed by atoms with Crippen LogP contribution in [0.3, 0.4) is 0 Å². The first-order valence-corrected chi connectivity index (χ1v) is 12.2. The van der Waals surface area contributed by atoms with Gasteiger partial charge in [0.25, 0.3) is 0 Å². The Hall–Kier alpha value is -2.45. The number of likely N-dealkylation sites (N-methyl/N-ethyl adjacent to an activating group) is 1. The molecule has 33 heavy (non-hydrogen) atoms. The zero-order chi connectivity index (χ0) is 23.4. The molecule has 4 rings (SSSR count). The fourth-order valence-electron chi connectivity index (χ4n) is 5.90. The Labute approximate surface area is 195 Å². The predicted molar refractivity (Wildman–Crippen MR) is 123 cm³/mol. The highest BCUT2D eigenvalue weighted by Gasteiger charge is 2.45. The molecular weight excluding hydrogens is 420 g/mol. The molecule has 0 radical (unpaired) electrons. The van der Waals surface area contributed by atoms with Crippen LogP contribution in [0.5, 0.6) is 0 Å². The molecule has 0 bridgehead atoms. The second-order valence-electron chi connectivity index (χ2n) is 9.89. The molecule has 1 unspecified atom stereocenters. The topological polar surface area (TPSA) is 93.2 Å². The van der Waals surface area contributed by atoms with E-state index in [4.69, 9.17) is 0 Å². The van der Waals surface area contributed by atoms with Crippen LogP contribution < -0.4 is 5.48 Å². The Morgan fingerprint density at radius 1 is 1.00 bits per heavy atom. The highest BCUT2D eigenvalue weighted by atomic mass is 16.5. The van der Waals surface area contributed by atoms with E-state index in [1.54, 1.807) is 5.48 Å². The first-order chi connectivity index (χ1) is 16.0. The fourth-order valence-corrected chi connectivity index (χ4v) is 5.90. The number of hydrogen-bond acceptors (Lipinski definition) is 5. The average Bonchev–Trinajstić information content (AvgIpc) is 3.34. The molecule has 0 aromatic heterocycles. The number of hydroxylamine groups is 1. The molecule has 3 heterocycles. The summed E-state index contributed by atoms with van der Waals surface area (Å²) in [6.45, 7) is 3.49. The van der Waals surface area contributed by atoms with Gasteiger partial charge in [0.2, 0.25) is 17.7 Å². The van der Waals surface area contributed by atoms with Gasteiger partial charge < -0.3 is 9.80 Å². The van der Waals surface area contributed by atoms with Crippen LogP contribution in [0.1, 0.15) is 50.0 Å². The molecular formula is C25H36N4O4. The van der Waals surface area contributed by atoms with Crippen LogP contribution in [0.4, 0.5) is 0 Å². The molecule has 0 spiro atoms. The van der Waals surface area contributed by atoms with E-state index in [9.17, 15) is 19.6 Å². The van der Waals surface area contributed by atoms with Gasteiger partial charge in [-0.15, -0.1) is 0 Å². The van der Waals surface area contributed by atoms with E-state index in [0.29, 0.717) is 38.4 Å². The lowest BCUT2D eigenvalue weighted by Gasteiger charge is -2.42. The summed E-state index contributed by atoms with van der Waals surface area (Å²) < 4.78 is 0. The average molecular weight is 457 g/mol. The number of nitrogens with one attached hydrogen (secondary N) is 1. The monoisotopic (exact) mass is 456 g/mol. The Balaban J connectivity index is 1.42. The number of carbonyl (C=O) groups excluding carboxylic acids is 3. The SMILES string of the molecule is CN1CC(CC(=O)N2CCCCC2)C[C@H](C(=O)NO)[C@H]1C(=O)N1CC[C@H](c2ccccc2)C1. The van der Waals surface area contributed by atoms with Gasteiger partial charge in [-0.2, -0.15) is 0 Å². The summed E-state index contributed by atoms with van der Waals surface area (Å²) in [5, 5.41) is 9.38. The maximum Gasteiger partial charge on any atom is 0.248 e. The molecule has 3 saturated heterocycles. The summed E-state index contributed by atoms with van der Waals surface area (Å²) in [7, 11) is 1.85. The number of hydrogen-bond donors (Lipinski definition) is 2. The van der Waals surface area contributed by atoms with Gasteiger partial charge in [-0.05, 0) is 50.6 Å². The Morgan fingerprint density at radius 2 is 1.73 bits per heavy atom. The van der Waals surface area contributed by atoms with Gasteiger partial charge in [0.1, 0.15) is 6.04 Å². The van der Waals surface area contributed by atoms with Gasteiger partial charge in [0, 0.05) is 45.1 Å². The van der Waals surface area contributed by atoms with Crippen LogP contribution in [0.15, 0.2) is 30.3 Å². The Kier molecular flexibility index (Phi) is 7.65. The highest BCUT2D eigenvalue weighted by Crippen LogP contribution is 2.33. The van der Waals surface area contributed by atoms with Gasteiger partial charge in [0.15, 0.2) is 0 Å². The zero-order valence-corrected chi connectivity index (χ0v) is 19.5. The van der Waals surface area contributed by atoms with E-state index < -0.39 is 17.9 Å². The van der Waals surface area contributed by atoms with Gasteiger partial charge in [-0.25, -0.2) is 5.48 Å². The zero-order valence-electron chi connectivity index (χ0n) is 19.5. The van der Waals surface area contributed by atoms with Crippen molar-refractivity contribution in [3.63, 3.8) is 0 Å². The van der Waals surface area contributed by atoms with Gasteiger partial charge in [0.05, 0.1) is 5.92 Å². The molecule has 3 aliphatic rings. The van der Waals surface area contributed by atoms with E-state index in [0.717, 1.165) is 32.4 Å². The number of nitrogens with zero attached hydrogens (tertiary/aromatic N) is 3. The van der Waals surface area contributed by atoms with Crippen molar-refractivity contribution in [3.05, 3.63) is 35.9 Å². The van der Waals surface area contributed by atoms with Crippen LogP contribution >= 0.6 is 0 Å². The Morgan fingerprint density at radius 3 is 2.42 bits per heavy atom. The predicted octanol–water partition coefficient (Wildman–Crippen LogP) is 1.85. The second kappa shape index (κ2) is 10.7. The van der Waals surface area contributed by atoms with Crippen molar-refractivity contribution in [2.75, 3.05) is 39.8 Å². The smallest absolute Gasteiger partial charge is 0.248 e. The van der Waals surface area contributed by atoms with Crippen molar-refractivity contribution in [2.45, 2.75) is 50.5 Å². The minimum atomic E-state index is -0.684. The third-order valence-electron chi connectivity index (χ3n) is 7.63. The van der Waals surface area contributed by atoms with Crippen molar-refractivity contribution >= 4 is 17.7 Å². The van der Waals surface area contributed by atoms with Crippen LogP contribution in [-0.4, -0.2) is 83.4 Å². The van der Waals surface area contributed by atoms with E-state index >= 15 is 0 Å². The molecule has 0 saturated carbocycles. The van der Waals surface area contributed by atoms with Gasteiger partial charge in [-0.1, -0.05) is 30.3 Å². The second-order valence-corrected chi connectivity index (χ2v) is 9.89. The van der Waals surface area contributed by atoms with Crippen LogP contribution in [-0.2, 0) is 14.4 Å². The van der Waals surface area contributed by atoms with Crippen molar-refractivity contribution in [2.24, 2.45) is 11.8 Å². The maximum absolute atomic E-state index is 13.5. The fraction of sp³-hybridized carbons (Fsp3) is 0.640. The quantitative estimate of drug-likeness (QED) is 0.521. The number of likely N-dealkylation sites (tertiary alicyclic amines) is 3. The van der Waals surface area contributed by atoms with Crippen molar-refractivity contribution in [1.82, 2.24) is 20.2 Å². The molecule has 4 atom stereocenters. The highest BCUT2D eigenvalue weighted by molar-refractivity contribution is 5.90. The van der Waals surface area contributed by atoms with Crippen LogP contribution in [0.2, 0.25) is 0 Å². The van der Waals surface area contributed by atoms with E-state index in [2.05, 4.69) is 12.1 Å². The summed E-state index contributed by atoms with van der Waals surface area (Å²) in [6.07, 6.45) is 4.95. The first-order valence-electron chi connectivity index (χ1n) is 12.2. The number of carbonyl (C=O) groups is 3. The summed E-state index contributed by atoms with van der Waals surface area (Å²) in [4.78, 5) is 44.6. The summed E-state index contributed by atoms with van der Waals surface area (Å²) in [6, 6.07) is 9.58. The van der Waals surface area contributed by atoms with Gasteiger partial charge in [-0.3, -0.25) is 24.5 Å². The lowest BCUT2D eigenvalue weighted by Crippen LogP contribution is -2.58. The number of rotatable bonds is 5. The van der Waals surface area contributed by atoms with Crippen LogP contribution in [0.25, 0.3) is 0 Å². The summed E-state index contributed by atoms with van der Waals surface area (Å²) >= 11 is 0. The maximum atomic E-state index is 13.5. The van der Waals surface area contributed by atoms with E-state index in [-0.39, 0.29) is 17.7 Å². The molecule has 3 aliphatic heterocycles. The lowest BCUT2D eigenvalue weighted by molar-refractivity contribution is -0.150. The van der Waals surface area contributed by atoms with E-state index in [1.165, 1.54) is 12.0 Å². The molecule has 1 aromatic rings. The van der Waals surface area contributed by atoms with Gasteiger partial charge >= 0.3 is 0 Å². The number of piperidine rings is 2. The molecule has 0 aliphatic carbocycles. The summed E-state index contributed by atoms with van der Waals surface area (Å²) in [5.41, 5.74) is 3.00. The Bertz CT molecular complexity index is 842. The van der Waals surface area contributed by atoms with E-state index in [1.807, 2.05) is 39.9 Å². The van der Waals surface area contributed by atoms with Crippen molar-refractivity contribution < 1.29 is 19.6 Å². The lowest BCUT2D eigenvalue weighted by atomic mass is 9.80. The molecule has 3 amide bonds. The normalized spacial score (nSPS) is 28.5. The van der Waals surface area contributed by atoms with Crippen LogP contribution in [0, 0.1) is 11.8 Å². The molecule has 180 valence electrons. The number of amides is 3. The number of benzene rings is 1. The molecule has 3 fully saturated rings. The largest absolute Gasteiger partial charge is 0.343 e. The first kappa shape index (κ1) is 23.7. The molecule has 1 aromatic carbocycles. The standard InChI is InChI=1S/C25H36N4O4/c1-27-16-18(15-22(30)28-11-6-3-7-12-28)14-21(24(31)26-33)23(27)25(32)29-13-10-20(17-29)19-8-4-2-5-9-19/h2,4-5,8-9,18,20-21,23,33H,3,6-7,10-17H2,1H3,(H,26,31)/t18?,20-,21-,23-/m0/s1. The van der Waals surface area contributed by atoms with Crippen molar-refractivity contribution in [3.8, 4) is 0 Å². The molecule has 8 nitrogen and oxygen atoms in total. The molecule has 8 heteroatoms. The third-order valence-corrected chi connectivity index (χ3v) is 7.63. The molecule has 2 N–H and O–H groups in total. The minimum absolute atomic E-state index is 0.0218. The third kappa shape index (κ3) is 5.38. The summed E-state index contributed by atoms with van der Waals surface area (Å²) in [5.74, 6) is -0.891.